The van der Waals surface area contributed by atoms with Gasteiger partial charge in [-0.1, -0.05) is 48.9 Å². The molecule has 2 nitrogen and oxygen atoms in total. The van der Waals surface area contributed by atoms with Gasteiger partial charge in [-0.05, 0) is 44.5 Å². The molecule has 1 aromatic carbocycles. The maximum Gasteiger partial charge on any atom is 0.115 e. The van der Waals surface area contributed by atoms with Gasteiger partial charge < -0.3 is 10.4 Å². The number of nitrogens with one attached hydrogen (secondary N) is 1. The van der Waals surface area contributed by atoms with Crippen LogP contribution < -0.4 is 5.32 Å². The molecule has 0 aliphatic heterocycles. The van der Waals surface area contributed by atoms with Crippen LogP contribution in [0.2, 0.25) is 0 Å². The fourth-order valence-corrected chi connectivity index (χ4v) is 2.12. The summed E-state index contributed by atoms with van der Waals surface area (Å²) in [6.07, 6.45) is 11.0. The molecule has 0 heterocycles. The Labute approximate surface area is 139 Å². The molecule has 0 unspecified atom stereocenters. The van der Waals surface area contributed by atoms with E-state index in [0.29, 0.717) is 5.57 Å². The average molecular weight is 305 g/mol. The Balaban J connectivity index is 3.51. The van der Waals surface area contributed by atoms with E-state index < -0.39 is 0 Å². The molecule has 23 heavy (non-hydrogen) atoms. The van der Waals surface area contributed by atoms with E-state index in [1.807, 2.05) is 39.0 Å². The van der Waals surface area contributed by atoms with Gasteiger partial charge >= 0.3 is 0 Å². The van der Waals surface area contributed by atoms with Gasteiger partial charge in [0.15, 0.2) is 0 Å². The standard InChI is InChI=1S/C21H23NO/c1-7-16(8-2)21(22-20(10-4)15(5)6)19(9-3)17-11-13-18(23)14-12-17/h1,8-14,22-23H,2,4H2,3,5-6H3/b19-9-,21-16+. The van der Waals surface area contributed by atoms with Gasteiger partial charge in [0.2, 0.25) is 0 Å². The Hall–Kier alpha value is -2.92. The highest BCUT2D eigenvalue weighted by Gasteiger charge is 2.12. The van der Waals surface area contributed by atoms with Crippen molar-refractivity contribution in [3.8, 4) is 18.1 Å². The van der Waals surface area contributed by atoms with Crippen molar-refractivity contribution in [3.63, 3.8) is 0 Å². The second-order valence-electron chi connectivity index (χ2n) is 5.13. The number of aromatic hydroxyl groups is 1. The van der Waals surface area contributed by atoms with Gasteiger partial charge in [-0.25, -0.2) is 0 Å². The second kappa shape index (κ2) is 8.51. The zero-order valence-corrected chi connectivity index (χ0v) is 14.0. The predicted molar refractivity (Wildman–Crippen MR) is 99.5 cm³/mol. The lowest BCUT2D eigenvalue weighted by Gasteiger charge is -2.18. The molecule has 0 radical (unpaired) electrons. The van der Waals surface area contributed by atoms with E-state index >= 15 is 0 Å². The molecule has 0 amide bonds. The van der Waals surface area contributed by atoms with Crippen molar-refractivity contribution in [1.29, 1.82) is 0 Å². The minimum Gasteiger partial charge on any atom is -0.508 e. The van der Waals surface area contributed by atoms with Crippen LogP contribution in [0.4, 0.5) is 0 Å². The number of allylic oxidation sites excluding steroid dienone is 6. The van der Waals surface area contributed by atoms with Crippen molar-refractivity contribution in [2.45, 2.75) is 20.8 Å². The third-order valence-electron chi connectivity index (χ3n) is 3.37. The Kier molecular flexibility index (Phi) is 6.70. The van der Waals surface area contributed by atoms with Gasteiger partial charge in [-0.15, -0.1) is 6.42 Å². The first-order chi connectivity index (χ1) is 11.0. The highest BCUT2D eigenvalue weighted by atomic mass is 16.3. The first kappa shape index (κ1) is 18.1. The zero-order chi connectivity index (χ0) is 17.4. The minimum atomic E-state index is 0.222. The molecule has 1 rings (SSSR count). The largest absolute Gasteiger partial charge is 0.508 e. The highest BCUT2D eigenvalue weighted by molar-refractivity contribution is 5.81. The summed E-state index contributed by atoms with van der Waals surface area (Å²) in [6.45, 7) is 13.6. The first-order valence-corrected chi connectivity index (χ1v) is 7.34. The monoisotopic (exact) mass is 305 g/mol. The van der Waals surface area contributed by atoms with Gasteiger partial charge in [0.25, 0.3) is 0 Å². The maximum absolute atomic E-state index is 9.49. The fraction of sp³-hybridized carbons (Fsp3) is 0.143. The van der Waals surface area contributed by atoms with Crippen LogP contribution in [0.3, 0.4) is 0 Å². The molecule has 0 fully saturated rings. The highest BCUT2D eigenvalue weighted by Crippen LogP contribution is 2.27. The quantitative estimate of drug-likeness (QED) is 0.576. The van der Waals surface area contributed by atoms with E-state index in [1.165, 1.54) is 0 Å². The number of terminal acetylenes is 1. The van der Waals surface area contributed by atoms with Crippen LogP contribution >= 0.6 is 0 Å². The van der Waals surface area contributed by atoms with Crippen LogP contribution in [0.25, 0.3) is 5.57 Å². The number of rotatable bonds is 6. The van der Waals surface area contributed by atoms with Crippen LogP contribution in [0.1, 0.15) is 26.3 Å². The second-order valence-corrected chi connectivity index (χ2v) is 5.13. The van der Waals surface area contributed by atoms with E-state index in [0.717, 1.165) is 28.1 Å². The molecule has 0 saturated carbocycles. The van der Waals surface area contributed by atoms with E-state index in [2.05, 4.69) is 24.4 Å². The Bertz CT molecular complexity index is 718. The van der Waals surface area contributed by atoms with Gasteiger partial charge in [-0.3, -0.25) is 0 Å². The van der Waals surface area contributed by atoms with Crippen molar-refractivity contribution in [1.82, 2.24) is 5.32 Å². The third-order valence-corrected chi connectivity index (χ3v) is 3.37. The maximum atomic E-state index is 9.49. The number of phenols is 1. The SMILES string of the molecule is C#C/C(C=C)=C(NC(C=C)=C(C)C)/C(=C\C)c1ccc(O)cc1. The lowest BCUT2D eigenvalue weighted by molar-refractivity contribution is 0.475. The number of hydrogen-bond donors (Lipinski definition) is 2. The molecule has 0 aliphatic rings. The topological polar surface area (TPSA) is 32.3 Å². The summed E-state index contributed by atoms with van der Waals surface area (Å²) in [5, 5.41) is 12.9. The van der Waals surface area contributed by atoms with Crippen LogP contribution in [-0.2, 0) is 0 Å². The fourth-order valence-electron chi connectivity index (χ4n) is 2.12. The number of benzene rings is 1. The van der Waals surface area contributed by atoms with Gasteiger partial charge in [-0.2, -0.15) is 0 Å². The predicted octanol–water partition coefficient (Wildman–Crippen LogP) is 4.94. The summed E-state index contributed by atoms with van der Waals surface area (Å²) in [4.78, 5) is 0. The van der Waals surface area contributed by atoms with E-state index in [1.54, 1.807) is 24.3 Å². The lowest BCUT2D eigenvalue weighted by Crippen LogP contribution is -2.16. The molecule has 0 bridgehead atoms. The van der Waals surface area contributed by atoms with E-state index in [9.17, 15) is 5.11 Å². The Morgan fingerprint density at radius 1 is 1.17 bits per heavy atom. The van der Waals surface area contributed by atoms with Crippen molar-refractivity contribution < 1.29 is 5.11 Å². The van der Waals surface area contributed by atoms with Crippen molar-refractivity contribution in [3.05, 3.63) is 83.8 Å². The van der Waals surface area contributed by atoms with Gasteiger partial charge in [0, 0.05) is 16.8 Å². The number of hydrogen-bond acceptors (Lipinski definition) is 2. The summed E-state index contributed by atoms with van der Waals surface area (Å²) < 4.78 is 0. The van der Waals surface area contributed by atoms with Gasteiger partial charge in [0.1, 0.15) is 5.75 Å². The van der Waals surface area contributed by atoms with Crippen LogP contribution in [0, 0.1) is 12.3 Å². The molecule has 0 atom stereocenters. The van der Waals surface area contributed by atoms with Crippen molar-refractivity contribution in [2.75, 3.05) is 0 Å². The summed E-state index contributed by atoms with van der Waals surface area (Å²) >= 11 is 0. The smallest absolute Gasteiger partial charge is 0.115 e. The lowest BCUT2D eigenvalue weighted by atomic mass is 9.98. The molecule has 2 N–H and O–H groups in total. The first-order valence-electron chi connectivity index (χ1n) is 7.34. The van der Waals surface area contributed by atoms with Gasteiger partial charge in [0.05, 0.1) is 5.70 Å². The van der Waals surface area contributed by atoms with Crippen molar-refractivity contribution >= 4 is 5.57 Å². The van der Waals surface area contributed by atoms with Crippen molar-refractivity contribution in [2.24, 2.45) is 0 Å². The average Bonchev–Trinajstić information content (AvgIpc) is 2.54. The third kappa shape index (κ3) is 4.52. The zero-order valence-electron chi connectivity index (χ0n) is 14.0. The molecule has 1 aromatic rings. The summed E-state index contributed by atoms with van der Waals surface area (Å²) in [6, 6.07) is 6.99. The number of phenolic OH excluding ortho intramolecular Hbond substituents is 1. The van der Waals surface area contributed by atoms with E-state index in [4.69, 9.17) is 6.42 Å². The molecule has 2 heteroatoms. The Morgan fingerprint density at radius 3 is 2.17 bits per heavy atom. The van der Waals surface area contributed by atoms with Crippen LogP contribution in [0.15, 0.2) is 78.2 Å². The molecule has 0 aliphatic carbocycles. The summed E-state index contributed by atoms with van der Waals surface area (Å²) in [5.74, 6) is 2.89. The van der Waals surface area contributed by atoms with Crippen LogP contribution in [0.5, 0.6) is 5.75 Å². The minimum absolute atomic E-state index is 0.222. The Morgan fingerprint density at radius 2 is 1.78 bits per heavy atom. The van der Waals surface area contributed by atoms with Crippen LogP contribution in [-0.4, -0.2) is 5.11 Å². The molecule has 0 spiro atoms. The summed E-state index contributed by atoms with van der Waals surface area (Å²) in [7, 11) is 0. The molecule has 0 saturated heterocycles. The summed E-state index contributed by atoms with van der Waals surface area (Å²) in [5.41, 5.74) is 5.31. The van der Waals surface area contributed by atoms with E-state index in [-0.39, 0.29) is 5.75 Å². The normalized spacial score (nSPS) is 11.8. The molecular formula is C21H23NO. The molecule has 0 aromatic heterocycles. The molecular weight excluding hydrogens is 282 g/mol. The molecule has 118 valence electrons.